The lowest BCUT2D eigenvalue weighted by Crippen LogP contribution is -2.42. The SMILES string of the molecule is Cn1cccc(C(=O)N2CCC(COc3ncccn3)CC2)c1=O. The number of hydrogen-bond acceptors (Lipinski definition) is 5. The van der Waals surface area contributed by atoms with Crippen molar-refractivity contribution < 1.29 is 9.53 Å². The van der Waals surface area contributed by atoms with Gasteiger partial charge in [-0.25, -0.2) is 9.97 Å². The standard InChI is InChI=1S/C17H20N4O3/c1-20-9-2-4-14(15(20)22)16(23)21-10-5-13(6-11-21)12-24-17-18-7-3-8-19-17/h2-4,7-9,13H,5-6,10-12H2,1H3. The fraction of sp³-hybridized carbons (Fsp3) is 0.412. The summed E-state index contributed by atoms with van der Waals surface area (Å²) in [5.41, 5.74) is -0.0263. The smallest absolute Gasteiger partial charge is 0.316 e. The Bertz CT molecular complexity index is 752. The molecule has 0 saturated carbocycles. The van der Waals surface area contributed by atoms with Crippen LogP contribution >= 0.6 is 0 Å². The molecule has 2 aromatic heterocycles. The van der Waals surface area contributed by atoms with E-state index in [9.17, 15) is 9.59 Å². The average Bonchev–Trinajstić information content (AvgIpc) is 2.63. The van der Waals surface area contributed by atoms with Gasteiger partial charge < -0.3 is 14.2 Å². The molecular weight excluding hydrogens is 308 g/mol. The molecule has 0 N–H and O–H groups in total. The van der Waals surface area contributed by atoms with Crippen molar-refractivity contribution in [3.05, 3.63) is 52.7 Å². The van der Waals surface area contributed by atoms with E-state index in [-0.39, 0.29) is 17.0 Å². The van der Waals surface area contributed by atoms with E-state index < -0.39 is 0 Å². The molecule has 3 rings (SSSR count). The van der Waals surface area contributed by atoms with Crippen LogP contribution in [0.15, 0.2) is 41.6 Å². The van der Waals surface area contributed by atoms with Gasteiger partial charge in [0.2, 0.25) is 0 Å². The Kier molecular flexibility index (Phi) is 4.88. The molecular formula is C17H20N4O3. The van der Waals surface area contributed by atoms with Crippen molar-refractivity contribution in [2.75, 3.05) is 19.7 Å². The van der Waals surface area contributed by atoms with Crippen LogP contribution in [0.2, 0.25) is 0 Å². The third-order valence-electron chi connectivity index (χ3n) is 4.25. The number of carbonyl (C=O) groups is 1. The molecule has 0 aliphatic carbocycles. The number of aryl methyl sites for hydroxylation is 1. The van der Waals surface area contributed by atoms with Gasteiger partial charge >= 0.3 is 6.01 Å². The predicted octanol–water partition coefficient (Wildman–Crippen LogP) is 1.11. The van der Waals surface area contributed by atoms with Crippen molar-refractivity contribution in [3.8, 4) is 6.01 Å². The Hall–Kier alpha value is -2.70. The van der Waals surface area contributed by atoms with Crippen LogP contribution in [-0.2, 0) is 7.05 Å². The second-order valence-electron chi connectivity index (χ2n) is 5.92. The molecule has 24 heavy (non-hydrogen) atoms. The summed E-state index contributed by atoms with van der Waals surface area (Å²) in [4.78, 5) is 34.4. The highest BCUT2D eigenvalue weighted by Gasteiger charge is 2.25. The third kappa shape index (κ3) is 3.61. The van der Waals surface area contributed by atoms with E-state index in [2.05, 4.69) is 9.97 Å². The number of hydrogen-bond donors (Lipinski definition) is 0. The predicted molar refractivity (Wildman–Crippen MR) is 87.8 cm³/mol. The summed E-state index contributed by atoms with van der Waals surface area (Å²) in [6.45, 7) is 1.79. The fourth-order valence-corrected chi connectivity index (χ4v) is 2.79. The molecule has 1 saturated heterocycles. The zero-order chi connectivity index (χ0) is 16.9. The van der Waals surface area contributed by atoms with Crippen LogP contribution in [0.25, 0.3) is 0 Å². The van der Waals surface area contributed by atoms with E-state index in [1.54, 1.807) is 48.7 Å². The van der Waals surface area contributed by atoms with E-state index >= 15 is 0 Å². The van der Waals surface area contributed by atoms with E-state index in [0.29, 0.717) is 31.6 Å². The molecule has 126 valence electrons. The van der Waals surface area contributed by atoms with Crippen LogP contribution in [0.4, 0.5) is 0 Å². The maximum Gasteiger partial charge on any atom is 0.316 e. The van der Waals surface area contributed by atoms with Gasteiger partial charge in [0.25, 0.3) is 11.5 Å². The number of likely N-dealkylation sites (tertiary alicyclic amines) is 1. The first-order valence-corrected chi connectivity index (χ1v) is 8.00. The van der Waals surface area contributed by atoms with Crippen molar-refractivity contribution >= 4 is 5.91 Å². The number of rotatable bonds is 4. The molecule has 1 aliphatic rings. The Balaban J connectivity index is 1.54. The highest BCUT2D eigenvalue weighted by Crippen LogP contribution is 2.19. The quantitative estimate of drug-likeness (QED) is 0.840. The first kappa shape index (κ1) is 16.2. The van der Waals surface area contributed by atoms with Gasteiger partial charge in [0.1, 0.15) is 5.56 Å². The molecule has 0 bridgehead atoms. The number of ether oxygens (including phenoxy) is 1. The second-order valence-corrected chi connectivity index (χ2v) is 5.92. The average molecular weight is 328 g/mol. The monoisotopic (exact) mass is 328 g/mol. The lowest BCUT2D eigenvalue weighted by atomic mass is 9.97. The lowest BCUT2D eigenvalue weighted by molar-refractivity contribution is 0.0655. The molecule has 1 fully saturated rings. The van der Waals surface area contributed by atoms with Gasteiger partial charge in [-0.2, -0.15) is 0 Å². The minimum atomic E-state index is -0.255. The molecule has 0 radical (unpaired) electrons. The molecule has 0 atom stereocenters. The Morgan fingerprint density at radius 2 is 1.96 bits per heavy atom. The fourth-order valence-electron chi connectivity index (χ4n) is 2.79. The number of amides is 1. The van der Waals surface area contributed by atoms with Crippen molar-refractivity contribution in [3.63, 3.8) is 0 Å². The molecule has 7 heteroatoms. The first-order chi connectivity index (χ1) is 11.6. The summed E-state index contributed by atoms with van der Waals surface area (Å²) >= 11 is 0. The molecule has 2 aromatic rings. The summed E-state index contributed by atoms with van der Waals surface area (Å²) in [6.07, 6.45) is 6.61. The van der Waals surface area contributed by atoms with Crippen LogP contribution in [0, 0.1) is 5.92 Å². The van der Waals surface area contributed by atoms with E-state index in [4.69, 9.17) is 4.74 Å². The van der Waals surface area contributed by atoms with E-state index in [0.717, 1.165) is 12.8 Å². The number of carbonyl (C=O) groups excluding carboxylic acids is 1. The van der Waals surface area contributed by atoms with Crippen molar-refractivity contribution in [2.45, 2.75) is 12.8 Å². The minimum absolute atomic E-state index is 0.193. The number of pyridine rings is 1. The normalized spacial score (nSPS) is 15.3. The molecule has 0 spiro atoms. The Morgan fingerprint density at radius 1 is 1.25 bits per heavy atom. The van der Waals surface area contributed by atoms with Gasteiger partial charge in [0.05, 0.1) is 6.61 Å². The Morgan fingerprint density at radius 3 is 2.67 bits per heavy atom. The van der Waals surface area contributed by atoms with Crippen molar-refractivity contribution in [1.82, 2.24) is 19.4 Å². The van der Waals surface area contributed by atoms with Crippen LogP contribution in [-0.4, -0.2) is 45.0 Å². The summed E-state index contributed by atoms with van der Waals surface area (Å²) in [6, 6.07) is 5.43. The van der Waals surface area contributed by atoms with E-state index in [1.807, 2.05) is 0 Å². The summed E-state index contributed by atoms with van der Waals surface area (Å²) < 4.78 is 7.01. The molecule has 0 aromatic carbocycles. The third-order valence-corrected chi connectivity index (χ3v) is 4.25. The number of aromatic nitrogens is 3. The Labute approximate surface area is 139 Å². The topological polar surface area (TPSA) is 77.3 Å². The van der Waals surface area contributed by atoms with Gasteiger partial charge in [0, 0.05) is 38.7 Å². The second kappa shape index (κ2) is 7.25. The van der Waals surface area contributed by atoms with Crippen LogP contribution in [0.3, 0.4) is 0 Å². The molecule has 0 unspecified atom stereocenters. The van der Waals surface area contributed by atoms with Crippen LogP contribution in [0.5, 0.6) is 6.01 Å². The minimum Gasteiger partial charge on any atom is -0.463 e. The highest BCUT2D eigenvalue weighted by atomic mass is 16.5. The zero-order valence-corrected chi connectivity index (χ0v) is 13.6. The maximum absolute atomic E-state index is 12.5. The van der Waals surface area contributed by atoms with Gasteiger partial charge in [-0.05, 0) is 37.0 Å². The zero-order valence-electron chi connectivity index (χ0n) is 13.6. The van der Waals surface area contributed by atoms with Crippen LogP contribution in [0.1, 0.15) is 23.2 Å². The van der Waals surface area contributed by atoms with Gasteiger partial charge in [0.15, 0.2) is 0 Å². The molecule has 1 aliphatic heterocycles. The number of nitrogens with zero attached hydrogens (tertiary/aromatic N) is 4. The molecule has 7 nitrogen and oxygen atoms in total. The molecule has 1 amide bonds. The van der Waals surface area contributed by atoms with Gasteiger partial charge in [-0.3, -0.25) is 9.59 Å². The largest absolute Gasteiger partial charge is 0.463 e. The summed E-state index contributed by atoms with van der Waals surface area (Å²) in [5.74, 6) is 0.165. The lowest BCUT2D eigenvalue weighted by Gasteiger charge is -2.31. The van der Waals surface area contributed by atoms with Gasteiger partial charge in [-0.1, -0.05) is 0 Å². The molecule has 3 heterocycles. The van der Waals surface area contributed by atoms with E-state index in [1.165, 1.54) is 4.57 Å². The van der Waals surface area contributed by atoms with Crippen molar-refractivity contribution in [2.24, 2.45) is 13.0 Å². The van der Waals surface area contributed by atoms with Gasteiger partial charge in [-0.15, -0.1) is 0 Å². The highest BCUT2D eigenvalue weighted by molar-refractivity contribution is 5.93. The summed E-state index contributed by atoms with van der Waals surface area (Å²) in [7, 11) is 1.65. The first-order valence-electron chi connectivity index (χ1n) is 8.00. The summed E-state index contributed by atoms with van der Waals surface area (Å²) in [5, 5.41) is 0. The van der Waals surface area contributed by atoms with Crippen molar-refractivity contribution in [1.29, 1.82) is 0 Å². The number of piperidine rings is 1. The van der Waals surface area contributed by atoms with Crippen LogP contribution < -0.4 is 10.3 Å². The maximum atomic E-state index is 12.5.